The maximum Gasteiger partial charge on any atom is 0.240 e. The molecule has 0 aromatic rings. The zero-order valence-corrected chi connectivity index (χ0v) is 11.5. The number of amides is 1. The van der Waals surface area contributed by atoms with Gasteiger partial charge in [-0.2, -0.15) is 0 Å². The minimum Gasteiger partial charge on any atom is -1.00 e. The first-order valence-corrected chi connectivity index (χ1v) is 5.39. The van der Waals surface area contributed by atoms with Crippen LogP contribution >= 0.6 is 0 Å². The Morgan fingerprint density at radius 2 is 1.50 bits per heavy atom. The molecule has 3 nitrogen and oxygen atoms in total. The van der Waals surface area contributed by atoms with Gasteiger partial charge in [0.2, 0.25) is 5.91 Å². The van der Waals surface area contributed by atoms with Gasteiger partial charge in [-0.15, -0.1) is 0 Å². The van der Waals surface area contributed by atoms with E-state index in [0.29, 0.717) is 0 Å². The van der Waals surface area contributed by atoms with Crippen LogP contribution in [0.25, 0.3) is 0 Å². The van der Waals surface area contributed by atoms with Gasteiger partial charge >= 0.3 is 0 Å². The molecule has 0 aromatic heterocycles. The van der Waals surface area contributed by atoms with Crippen LogP contribution in [0.5, 0.6) is 0 Å². The summed E-state index contributed by atoms with van der Waals surface area (Å²) in [4.78, 5) is 9.47. The van der Waals surface area contributed by atoms with Crippen molar-refractivity contribution in [3.05, 3.63) is 25.3 Å². The van der Waals surface area contributed by atoms with Gasteiger partial charge < -0.3 is 22.6 Å². The van der Waals surface area contributed by atoms with Crippen LogP contribution < -0.4 is 18.1 Å². The molecule has 0 aliphatic carbocycles. The third kappa shape index (κ3) is 9.74. The zero-order chi connectivity index (χ0) is 12.3. The molecule has 96 valence electrons. The van der Waals surface area contributed by atoms with E-state index in [0.717, 1.165) is 12.6 Å². The number of nitrogens with zero attached hydrogens (tertiary/aromatic N) is 1. The second-order valence-electron chi connectivity index (χ2n) is 3.37. The number of quaternary nitrogens is 1. The Labute approximate surface area is 106 Å². The molecular formula is C12H25ClN2O. The van der Waals surface area contributed by atoms with Crippen LogP contribution in [0.2, 0.25) is 0 Å². The molecule has 2 N–H and O–H groups in total. The first-order chi connectivity index (χ1) is 7.01. The Morgan fingerprint density at radius 1 is 1.19 bits per heavy atom. The average Bonchev–Trinajstić information content (AvgIpc) is 2.27. The minimum atomic E-state index is -0.481. The van der Waals surface area contributed by atoms with Crippen molar-refractivity contribution in [1.29, 1.82) is 0 Å². The second kappa shape index (κ2) is 12.3. The Balaban J connectivity index is -0.000000242. The van der Waals surface area contributed by atoms with Crippen molar-refractivity contribution in [1.82, 2.24) is 0 Å². The van der Waals surface area contributed by atoms with Crippen LogP contribution in [0.3, 0.4) is 0 Å². The molecule has 0 rings (SSSR count). The summed E-state index contributed by atoms with van der Waals surface area (Å²) in [6.07, 6.45) is 3.08. The van der Waals surface area contributed by atoms with Gasteiger partial charge in [0.1, 0.15) is 0 Å². The normalized spacial score (nSPS) is 9.19. The highest BCUT2D eigenvalue weighted by molar-refractivity contribution is 5.84. The first kappa shape index (κ1) is 20.6. The van der Waals surface area contributed by atoms with Gasteiger partial charge in [-0.3, -0.25) is 4.79 Å². The summed E-state index contributed by atoms with van der Waals surface area (Å²) in [5.41, 5.74) is 4.53. The fraction of sp³-hybridized carbons (Fsp3) is 0.583. The highest BCUT2D eigenvalue weighted by Gasteiger charge is 2.17. The minimum absolute atomic E-state index is 0. The molecule has 0 bridgehead atoms. The van der Waals surface area contributed by atoms with E-state index in [1.807, 2.05) is 6.08 Å². The fourth-order valence-electron chi connectivity index (χ4n) is 1.33. The lowest BCUT2D eigenvalue weighted by atomic mass is 10.3. The maximum atomic E-state index is 9.47. The number of hydrogen-bond acceptors (Lipinski definition) is 1. The van der Waals surface area contributed by atoms with Crippen molar-refractivity contribution in [3.8, 4) is 0 Å². The summed E-state index contributed by atoms with van der Waals surface area (Å²) in [5.74, 6) is -0.481. The van der Waals surface area contributed by atoms with Crippen molar-refractivity contribution >= 4 is 5.91 Å². The number of rotatable bonds is 6. The van der Waals surface area contributed by atoms with Crippen molar-refractivity contribution in [2.75, 3.05) is 26.2 Å². The molecule has 0 atom stereocenters. The molecule has 0 aliphatic rings. The Bertz CT molecular complexity index is 193. The van der Waals surface area contributed by atoms with Gasteiger partial charge in [0.15, 0.2) is 0 Å². The molecule has 4 heteroatoms. The lowest BCUT2D eigenvalue weighted by molar-refractivity contribution is -0.917. The summed E-state index contributed by atoms with van der Waals surface area (Å²) < 4.78 is 1.18. The van der Waals surface area contributed by atoms with Gasteiger partial charge in [0.25, 0.3) is 0 Å². The van der Waals surface area contributed by atoms with E-state index in [4.69, 9.17) is 0 Å². The number of hydrogen-bond donors (Lipinski definition) is 1. The van der Waals surface area contributed by atoms with Gasteiger partial charge in [-0.05, 0) is 32.9 Å². The third-order valence-corrected chi connectivity index (χ3v) is 2.73. The smallest absolute Gasteiger partial charge is 0.240 e. The van der Waals surface area contributed by atoms with Crippen LogP contribution in [0, 0.1) is 0 Å². The first-order valence-electron chi connectivity index (χ1n) is 5.39. The average molecular weight is 249 g/mol. The van der Waals surface area contributed by atoms with E-state index >= 15 is 0 Å². The molecule has 0 saturated carbocycles. The molecule has 1 amide bonds. The van der Waals surface area contributed by atoms with Crippen molar-refractivity contribution in [3.63, 3.8) is 0 Å². The lowest BCUT2D eigenvalue weighted by Crippen LogP contribution is -3.00. The number of carbonyl (C=O) groups is 1. The molecule has 0 fully saturated rings. The molecule has 0 aromatic carbocycles. The van der Waals surface area contributed by atoms with E-state index < -0.39 is 5.91 Å². The molecule has 0 radical (unpaired) electrons. The largest absolute Gasteiger partial charge is 1.00 e. The molecule has 0 aliphatic heterocycles. The third-order valence-electron chi connectivity index (χ3n) is 2.73. The monoisotopic (exact) mass is 248 g/mol. The van der Waals surface area contributed by atoms with Crippen LogP contribution in [-0.2, 0) is 4.79 Å². The van der Waals surface area contributed by atoms with Crippen molar-refractivity contribution in [2.24, 2.45) is 5.73 Å². The fourth-order valence-corrected chi connectivity index (χ4v) is 1.33. The highest BCUT2D eigenvalue weighted by atomic mass is 35.5. The van der Waals surface area contributed by atoms with Crippen LogP contribution in [0.4, 0.5) is 0 Å². The highest BCUT2D eigenvalue weighted by Crippen LogP contribution is 2.04. The quantitative estimate of drug-likeness (QED) is 0.355. The number of carbonyl (C=O) groups excluding carboxylic acids is 1. The van der Waals surface area contributed by atoms with Gasteiger partial charge in [0, 0.05) is 0 Å². The maximum absolute atomic E-state index is 9.47. The van der Waals surface area contributed by atoms with Gasteiger partial charge in [-0.25, -0.2) is 0 Å². The number of likely N-dealkylation sites (N-methyl/N-ethyl adjacent to an activating group) is 1. The standard InChI is InChI=1S/C9H20N.C3H5NO.ClH/c1-5-9-10(6-2,7-3)8-4;1-2-3(4)5;/h5H,1,6-9H2,2-4H3;2H,1H2,(H2,4,5);1H/q+1;;/p-1. The van der Waals surface area contributed by atoms with Crippen LogP contribution in [-0.4, -0.2) is 36.6 Å². The van der Waals surface area contributed by atoms with Gasteiger partial charge in [-0.1, -0.05) is 13.2 Å². The summed E-state index contributed by atoms with van der Waals surface area (Å²) in [6, 6.07) is 0. The number of nitrogens with two attached hydrogens (primary N) is 1. The lowest BCUT2D eigenvalue weighted by Gasteiger charge is -2.34. The summed E-state index contributed by atoms with van der Waals surface area (Å²) >= 11 is 0. The SMILES string of the molecule is C=CC(N)=O.C=CC[N+](CC)(CC)CC.[Cl-]. The summed E-state index contributed by atoms with van der Waals surface area (Å²) in [5, 5.41) is 0. The molecular weight excluding hydrogens is 224 g/mol. The number of primary amides is 1. The van der Waals surface area contributed by atoms with E-state index in [2.05, 4.69) is 39.7 Å². The summed E-state index contributed by atoms with van der Waals surface area (Å²) in [6.45, 7) is 18.4. The van der Waals surface area contributed by atoms with E-state index in [9.17, 15) is 4.79 Å². The van der Waals surface area contributed by atoms with Crippen molar-refractivity contribution < 1.29 is 21.7 Å². The Hall–Kier alpha value is -0.800. The predicted octanol–water partition coefficient (Wildman–Crippen LogP) is -1.29. The topological polar surface area (TPSA) is 43.1 Å². The van der Waals surface area contributed by atoms with E-state index in [1.165, 1.54) is 24.1 Å². The van der Waals surface area contributed by atoms with E-state index in [-0.39, 0.29) is 12.4 Å². The predicted molar refractivity (Wildman–Crippen MR) is 66.3 cm³/mol. The Kier molecular flexibility index (Phi) is 15.8. The molecule has 0 heterocycles. The Morgan fingerprint density at radius 3 is 1.56 bits per heavy atom. The molecule has 16 heavy (non-hydrogen) atoms. The second-order valence-corrected chi connectivity index (χ2v) is 3.37. The summed E-state index contributed by atoms with van der Waals surface area (Å²) in [7, 11) is 0. The molecule has 0 saturated heterocycles. The molecule has 0 spiro atoms. The van der Waals surface area contributed by atoms with Crippen LogP contribution in [0.15, 0.2) is 25.3 Å². The molecule has 0 unspecified atom stereocenters. The van der Waals surface area contributed by atoms with E-state index in [1.54, 1.807) is 0 Å². The zero-order valence-electron chi connectivity index (χ0n) is 10.7. The van der Waals surface area contributed by atoms with Gasteiger partial charge in [0.05, 0.1) is 26.2 Å². The number of halogens is 1. The van der Waals surface area contributed by atoms with Crippen molar-refractivity contribution in [2.45, 2.75) is 20.8 Å². The van der Waals surface area contributed by atoms with Crippen LogP contribution in [0.1, 0.15) is 20.8 Å².